The minimum atomic E-state index is -0.120. The predicted octanol–water partition coefficient (Wildman–Crippen LogP) is 8.73. The molecular weight excluding hydrogens is 745 g/mol. The number of aliphatic hydroxyl groups excluding tert-OH is 2. The SMILES string of the molecule is C[C@]12CCC3C(CC[C@H]4C[C@@H](O)CC[C@]34C)C1Cc1c2nc2ncnn2c1-c1cccc(-c2c3c(nc4ncnn24)[C@@]2(C)CCC4C(CC[C@H]5C[C@@H](O)CC[C@]45C)C2C3)c1. The summed E-state index contributed by atoms with van der Waals surface area (Å²) in [7, 11) is 0. The van der Waals surface area contributed by atoms with Gasteiger partial charge in [0.1, 0.15) is 12.7 Å². The average Bonchev–Trinajstić information content (AvgIpc) is 4.03. The number of aromatic nitrogens is 8. The summed E-state index contributed by atoms with van der Waals surface area (Å²) < 4.78 is 4.05. The van der Waals surface area contributed by atoms with Crippen LogP contribution in [-0.4, -0.2) is 61.6 Å². The van der Waals surface area contributed by atoms with Crippen molar-refractivity contribution < 1.29 is 10.2 Å². The Hall–Kier alpha value is -3.76. The third kappa shape index (κ3) is 4.73. The summed E-state index contributed by atoms with van der Waals surface area (Å²) in [4.78, 5) is 20.3. The summed E-state index contributed by atoms with van der Waals surface area (Å²) >= 11 is 0. The maximum Gasteiger partial charge on any atom is 0.252 e. The molecule has 13 rings (SSSR count). The van der Waals surface area contributed by atoms with E-state index in [0.29, 0.717) is 69.7 Å². The molecule has 10 nitrogen and oxygen atoms in total. The summed E-state index contributed by atoms with van der Waals surface area (Å²) in [5.74, 6) is 6.51. The second-order valence-electron chi connectivity index (χ2n) is 22.6. The van der Waals surface area contributed by atoms with Crippen molar-refractivity contribution in [3.63, 3.8) is 0 Å². The Balaban J connectivity index is 0.903. The topological polar surface area (TPSA) is 127 Å². The van der Waals surface area contributed by atoms with Crippen molar-refractivity contribution in [3.8, 4) is 22.5 Å². The quantitative estimate of drug-likeness (QED) is 0.182. The Morgan fingerprint density at radius 2 is 1.03 bits per heavy atom. The van der Waals surface area contributed by atoms with Gasteiger partial charge in [0, 0.05) is 33.1 Å². The highest BCUT2D eigenvalue weighted by atomic mass is 16.3. The molecule has 60 heavy (non-hydrogen) atoms. The normalized spacial score (nSPS) is 42.7. The summed E-state index contributed by atoms with van der Waals surface area (Å²) in [6.07, 6.45) is 21.2. The van der Waals surface area contributed by atoms with Gasteiger partial charge in [-0.05, 0) is 167 Å². The molecule has 6 fully saturated rings. The lowest BCUT2D eigenvalue weighted by molar-refractivity contribution is -0.111. The van der Waals surface area contributed by atoms with Crippen molar-refractivity contribution in [1.82, 2.24) is 39.2 Å². The van der Waals surface area contributed by atoms with Crippen LogP contribution < -0.4 is 0 Å². The maximum atomic E-state index is 10.7. The van der Waals surface area contributed by atoms with E-state index in [9.17, 15) is 10.2 Å². The molecule has 10 heteroatoms. The molecule has 0 amide bonds. The Labute approximate surface area is 353 Å². The van der Waals surface area contributed by atoms with Crippen molar-refractivity contribution in [2.24, 2.45) is 58.2 Å². The number of rotatable bonds is 2. The molecule has 6 unspecified atom stereocenters. The summed E-state index contributed by atoms with van der Waals surface area (Å²) in [6.45, 7) is 10.2. The fraction of sp³-hybridized carbons (Fsp3) is 0.680. The van der Waals surface area contributed by atoms with Gasteiger partial charge in [0.25, 0.3) is 11.6 Å². The van der Waals surface area contributed by atoms with E-state index in [2.05, 4.69) is 52.0 Å². The highest BCUT2D eigenvalue weighted by molar-refractivity contribution is 5.77. The molecule has 314 valence electrons. The first-order valence-corrected chi connectivity index (χ1v) is 23.9. The van der Waals surface area contributed by atoms with E-state index in [1.807, 2.05) is 9.03 Å². The number of benzene rings is 1. The fourth-order valence-corrected chi connectivity index (χ4v) is 17.4. The van der Waals surface area contributed by atoms with Crippen molar-refractivity contribution in [3.05, 3.63) is 59.4 Å². The molecular formula is C50H62N8O2. The average molecular weight is 807 g/mol. The Kier molecular flexibility index (Phi) is 7.65. The smallest absolute Gasteiger partial charge is 0.252 e. The first-order chi connectivity index (χ1) is 29.0. The molecule has 0 bridgehead atoms. The third-order valence-corrected chi connectivity index (χ3v) is 20.4. The van der Waals surface area contributed by atoms with Gasteiger partial charge in [-0.3, -0.25) is 0 Å². The molecule has 6 saturated carbocycles. The molecule has 5 aromatic rings. The van der Waals surface area contributed by atoms with Crippen LogP contribution in [0.1, 0.15) is 140 Å². The van der Waals surface area contributed by atoms with E-state index in [1.165, 1.54) is 61.0 Å². The first-order valence-electron chi connectivity index (χ1n) is 23.9. The molecule has 0 aliphatic heterocycles. The van der Waals surface area contributed by atoms with E-state index in [0.717, 1.165) is 86.7 Å². The molecule has 4 heterocycles. The molecule has 8 aliphatic rings. The molecule has 1 aromatic carbocycles. The molecule has 8 aliphatic carbocycles. The zero-order chi connectivity index (χ0) is 40.5. The second kappa shape index (κ2) is 12.5. The van der Waals surface area contributed by atoms with Gasteiger partial charge in [-0.15, -0.1) is 0 Å². The van der Waals surface area contributed by atoms with Gasteiger partial charge in [-0.1, -0.05) is 45.9 Å². The molecule has 4 aromatic heterocycles. The molecule has 0 spiro atoms. The largest absolute Gasteiger partial charge is 0.393 e. The number of nitrogens with zero attached hydrogens (tertiary/aromatic N) is 8. The molecule has 0 radical (unpaired) electrons. The molecule has 2 N–H and O–H groups in total. The third-order valence-electron chi connectivity index (χ3n) is 20.4. The number of fused-ring (bicyclic) bond motifs is 16. The van der Waals surface area contributed by atoms with Crippen LogP contribution in [0.15, 0.2) is 36.9 Å². The Bertz CT molecular complexity index is 2410. The second-order valence-corrected chi connectivity index (χ2v) is 22.6. The summed E-state index contributed by atoms with van der Waals surface area (Å²) in [5, 5.41) is 31.1. The first kappa shape index (κ1) is 36.9. The summed E-state index contributed by atoms with van der Waals surface area (Å²) in [6, 6.07) is 9.18. The van der Waals surface area contributed by atoms with E-state index < -0.39 is 0 Å². The minimum absolute atomic E-state index is 0.00395. The van der Waals surface area contributed by atoms with Crippen LogP contribution in [0.25, 0.3) is 34.1 Å². The van der Waals surface area contributed by atoms with Crippen LogP contribution in [0.4, 0.5) is 0 Å². The van der Waals surface area contributed by atoms with Gasteiger partial charge >= 0.3 is 0 Å². The summed E-state index contributed by atoms with van der Waals surface area (Å²) in [5.41, 5.74) is 10.5. The van der Waals surface area contributed by atoms with Crippen LogP contribution in [0, 0.1) is 58.2 Å². The van der Waals surface area contributed by atoms with Crippen molar-refractivity contribution in [1.29, 1.82) is 0 Å². The monoisotopic (exact) mass is 806 g/mol. The van der Waals surface area contributed by atoms with Gasteiger partial charge in [-0.2, -0.15) is 29.2 Å². The number of aliphatic hydroxyl groups is 2. The predicted molar refractivity (Wildman–Crippen MR) is 229 cm³/mol. The highest BCUT2D eigenvalue weighted by Gasteiger charge is 2.62. The zero-order valence-electron chi connectivity index (χ0n) is 36.0. The van der Waals surface area contributed by atoms with Gasteiger partial charge in [0.2, 0.25) is 0 Å². The Morgan fingerprint density at radius 1 is 0.567 bits per heavy atom. The lowest BCUT2D eigenvalue weighted by Gasteiger charge is -2.60. The van der Waals surface area contributed by atoms with E-state index >= 15 is 0 Å². The van der Waals surface area contributed by atoms with Crippen molar-refractivity contribution in [2.45, 2.75) is 153 Å². The van der Waals surface area contributed by atoms with Crippen LogP contribution >= 0.6 is 0 Å². The van der Waals surface area contributed by atoms with Crippen LogP contribution in [0.3, 0.4) is 0 Å². The van der Waals surface area contributed by atoms with E-state index in [4.69, 9.17) is 30.1 Å². The molecule has 0 saturated heterocycles. The van der Waals surface area contributed by atoms with Crippen molar-refractivity contribution in [2.75, 3.05) is 0 Å². The zero-order valence-corrected chi connectivity index (χ0v) is 36.0. The Morgan fingerprint density at radius 3 is 1.50 bits per heavy atom. The van der Waals surface area contributed by atoms with Crippen LogP contribution in [-0.2, 0) is 23.7 Å². The highest BCUT2D eigenvalue weighted by Crippen LogP contribution is 2.68. The van der Waals surface area contributed by atoms with Gasteiger partial charge in [-0.25, -0.2) is 9.97 Å². The lowest BCUT2D eigenvalue weighted by Crippen LogP contribution is -2.54. The standard InChI is InChI=1S/C50H62N8O2/c1-47-16-12-31(59)21-29(47)8-10-33-37(47)14-18-49(3)39(33)23-35-41(57-45(51-25-53-57)55-43(35)49)27-6-5-7-28(20-27)42-36-24-40-34-11-9-30-22-32(60)13-17-48(30,2)38(34)15-19-50(40,4)44(36)56-46-52-26-54-58(42)46/h5-7,20,25-26,29-34,37-40,59-60H,8-19,21-24H2,1-4H3/t29-,30-,31-,32-,33?,34?,37?,38?,39?,40?,47-,48-,49-,50-/m0/s1. The van der Waals surface area contributed by atoms with Crippen molar-refractivity contribution >= 4 is 11.6 Å². The van der Waals surface area contributed by atoms with Crippen LogP contribution in [0.5, 0.6) is 0 Å². The van der Waals surface area contributed by atoms with Gasteiger partial charge < -0.3 is 10.2 Å². The van der Waals surface area contributed by atoms with E-state index in [-0.39, 0.29) is 23.0 Å². The fourth-order valence-electron chi connectivity index (χ4n) is 17.4. The number of hydrogen-bond acceptors (Lipinski definition) is 8. The van der Waals surface area contributed by atoms with E-state index in [1.54, 1.807) is 12.7 Å². The lowest BCUT2D eigenvalue weighted by atomic mass is 9.45. The maximum absolute atomic E-state index is 10.7. The number of hydrogen-bond donors (Lipinski definition) is 2. The molecule has 14 atom stereocenters. The van der Waals surface area contributed by atoms with Crippen LogP contribution in [0.2, 0.25) is 0 Å². The minimum Gasteiger partial charge on any atom is -0.393 e. The van der Waals surface area contributed by atoms with Gasteiger partial charge in [0.05, 0.1) is 35.0 Å². The van der Waals surface area contributed by atoms with Gasteiger partial charge in [0.15, 0.2) is 0 Å².